The first-order chi connectivity index (χ1) is 15.0. The summed E-state index contributed by atoms with van der Waals surface area (Å²) in [5.74, 6) is -1.51. The maximum absolute atomic E-state index is 12.2. The van der Waals surface area contributed by atoms with Crippen molar-refractivity contribution in [2.45, 2.75) is 12.6 Å². The molecule has 31 heavy (non-hydrogen) atoms. The van der Waals surface area contributed by atoms with Crippen molar-refractivity contribution in [3.8, 4) is 0 Å². The summed E-state index contributed by atoms with van der Waals surface area (Å²) in [5.41, 5.74) is 1.52. The minimum atomic E-state index is -1.24. The number of aliphatic carboxylic acids is 1. The van der Waals surface area contributed by atoms with Crippen molar-refractivity contribution in [1.82, 2.24) is 15.5 Å². The summed E-state index contributed by atoms with van der Waals surface area (Å²) in [6.07, 6.45) is 6.55. The molecule has 1 saturated heterocycles. The van der Waals surface area contributed by atoms with E-state index in [1.165, 1.54) is 0 Å². The van der Waals surface area contributed by atoms with Crippen molar-refractivity contribution in [2.75, 3.05) is 19.6 Å². The van der Waals surface area contributed by atoms with E-state index in [1.807, 2.05) is 53.5 Å². The van der Waals surface area contributed by atoms with Crippen molar-refractivity contribution in [3.05, 3.63) is 71.6 Å². The smallest absolute Gasteiger partial charge is 0.412 e. The molecule has 9 nitrogen and oxygen atoms in total. The molecular weight excluding hydrogens is 400 g/mol. The Bertz CT molecular complexity index is 1010. The molecule has 9 heteroatoms. The second-order valence-electron chi connectivity index (χ2n) is 7.34. The van der Waals surface area contributed by atoms with Crippen molar-refractivity contribution >= 4 is 23.7 Å². The van der Waals surface area contributed by atoms with Crippen LogP contribution in [-0.4, -0.2) is 59.4 Å². The molecule has 2 atom stereocenters. The SMILES string of the molecule is O=C1CN(C2=CC3N=C(C(=O)O)C(NC(=O)OCc4ccccc4)=CC3C=C2)CCN1. The number of carbonyl (C=O) groups is 3. The predicted octanol–water partition coefficient (Wildman–Crippen LogP) is 1.21. The summed E-state index contributed by atoms with van der Waals surface area (Å²) in [4.78, 5) is 41.9. The average Bonchev–Trinajstić information content (AvgIpc) is 2.77. The van der Waals surface area contributed by atoms with Gasteiger partial charge in [-0.25, -0.2) is 9.59 Å². The highest BCUT2D eigenvalue weighted by molar-refractivity contribution is 6.43. The Morgan fingerprint density at radius 2 is 2.06 bits per heavy atom. The Kier molecular flexibility index (Phi) is 5.83. The number of aliphatic imine (C=N–C) groups is 1. The van der Waals surface area contributed by atoms with Gasteiger partial charge in [-0.3, -0.25) is 15.1 Å². The largest absolute Gasteiger partial charge is 0.476 e. The number of nitrogens with zero attached hydrogens (tertiary/aromatic N) is 2. The van der Waals surface area contributed by atoms with Gasteiger partial charge in [0.2, 0.25) is 5.91 Å². The molecule has 2 amide bonds. The first-order valence-corrected chi connectivity index (χ1v) is 9.92. The van der Waals surface area contributed by atoms with E-state index in [9.17, 15) is 19.5 Å². The van der Waals surface area contributed by atoms with Gasteiger partial charge in [-0.15, -0.1) is 0 Å². The predicted molar refractivity (Wildman–Crippen MR) is 112 cm³/mol. The van der Waals surface area contributed by atoms with Gasteiger partial charge >= 0.3 is 12.1 Å². The summed E-state index contributed by atoms with van der Waals surface area (Å²) >= 11 is 0. The van der Waals surface area contributed by atoms with Crippen LogP contribution in [0.1, 0.15) is 5.56 Å². The zero-order valence-electron chi connectivity index (χ0n) is 16.7. The fraction of sp³-hybridized carbons (Fsp3) is 0.273. The molecule has 0 radical (unpaired) electrons. The van der Waals surface area contributed by atoms with Crippen LogP contribution in [0.5, 0.6) is 0 Å². The van der Waals surface area contributed by atoms with Gasteiger partial charge < -0.3 is 20.1 Å². The lowest BCUT2D eigenvalue weighted by atomic mass is 9.89. The highest BCUT2D eigenvalue weighted by Gasteiger charge is 2.31. The first-order valence-electron chi connectivity index (χ1n) is 9.92. The fourth-order valence-electron chi connectivity index (χ4n) is 3.64. The van der Waals surface area contributed by atoms with Crippen molar-refractivity contribution < 1.29 is 24.2 Å². The normalized spacial score (nSPS) is 22.4. The lowest BCUT2D eigenvalue weighted by Gasteiger charge is -2.33. The van der Waals surface area contributed by atoms with Crippen LogP contribution >= 0.6 is 0 Å². The number of hydrogen-bond acceptors (Lipinski definition) is 6. The fourth-order valence-corrected chi connectivity index (χ4v) is 3.64. The van der Waals surface area contributed by atoms with Crippen LogP contribution in [0, 0.1) is 5.92 Å². The third kappa shape index (κ3) is 4.82. The molecule has 3 N–H and O–H groups in total. The molecule has 2 unspecified atom stereocenters. The van der Waals surface area contributed by atoms with E-state index < -0.39 is 18.1 Å². The monoisotopic (exact) mass is 422 g/mol. The van der Waals surface area contributed by atoms with E-state index in [-0.39, 0.29) is 36.4 Å². The molecule has 160 valence electrons. The van der Waals surface area contributed by atoms with Gasteiger partial charge in [-0.2, -0.15) is 0 Å². The summed E-state index contributed by atoms with van der Waals surface area (Å²) in [6.45, 7) is 1.55. The number of hydrogen-bond donors (Lipinski definition) is 3. The Hall–Kier alpha value is -3.88. The van der Waals surface area contributed by atoms with Gasteiger partial charge in [-0.1, -0.05) is 36.4 Å². The zero-order valence-corrected chi connectivity index (χ0v) is 16.7. The van der Waals surface area contributed by atoms with Crippen molar-refractivity contribution in [2.24, 2.45) is 10.9 Å². The number of rotatable bonds is 5. The molecule has 3 aliphatic rings. The molecule has 1 aromatic rings. The number of carbonyl (C=O) groups excluding carboxylic acids is 2. The maximum Gasteiger partial charge on any atom is 0.412 e. The number of carboxylic acid groups (broad SMARTS) is 1. The van der Waals surface area contributed by atoms with E-state index >= 15 is 0 Å². The van der Waals surface area contributed by atoms with Gasteiger partial charge in [0.1, 0.15) is 6.61 Å². The summed E-state index contributed by atoms with van der Waals surface area (Å²) in [6, 6.07) is 8.75. The molecule has 0 bridgehead atoms. The number of nitrogens with one attached hydrogen (secondary N) is 2. The molecule has 2 heterocycles. The average molecular weight is 422 g/mol. The number of fused-ring (bicyclic) bond motifs is 1. The molecular formula is C22H22N4O5. The number of allylic oxidation sites excluding steroid dienone is 1. The highest BCUT2D eigenvalue weighted by Crippen LogP contribution is 2.28. The van der Waals surface area contributed by atoms with E-state index in [0.717, 1.165) is 11.3 Å². The molecule has 4 rings (SSSR count). The molecule has 1 fully saturated rings. The van der Waals surface area contributed by atoms with Crippen LogP contribution in [0.3, 0.4) is 0 Å². The molecule has 2 aliphatic heterocycles. The first kappa shape index (κ1) is 20.4. The minimum absolute atomic E-state index is 0.0542. The number of carboxylic acids is 1. The number of piperazine rings is 1. The third-order valence-corrected chi connectivity index (χ3v) is 5.17. The van der Waals surface area contributed by atoms with Crippen LogP contribution in [0.2, 0.25) is 0 Å². The minimum Gasteiger partial charge on any atom is -0.476 e. The van der Waals surface area contributed by atoms with Gasteiger partial charge in [0, 0.05) is 24.7 Å². The summed E-state index contributed by atoms with van der Waals surface area (Å²) < 4.78 is 5.19. The van der Waals surface area contributed by atoms with E-state index in [2.05, 4.69) is 15.6 Å². The quantitative estimate of drug-likeness (QED) is 0.656. The van der Waals surface area contributed by atoms with Crippen LogP contribution in [0.25, 0.3) is 0 Å². The van der Waals surface area contributed by atoms with Crippen LogP contribution < -0.4 is 10.6 Å². The number of amides is 2. The number of benzene rings is 1. The van der Waals surface area contributed by atoms with E-state index in [0.29, 0.717) is 13.1 Å². The topological polar surface area (TPSA) is 120 Å². The van der Waals surface area contributed by atoms with E-state index in [4.69, 9.17) is 4.74 Å². The highest BCUT2D eigenvalue weighted by atomic mass is 16.5. The maximum atomic E-state index is 12.2. The van der Waals surface area contributed by atoms with Crippen molar-refractivity contribution in [3.63, 3.8) is 0 Å². The lowest BCUT2D eigenvalue weighted by molar-refractivity contribution is -0.129. The standard InChI is InChI=1S/C22H22N4O5/c27-19-12-26(9-8-23-19)16-7-6-15-10-18(20(21(28)29)24-17(15)11-16)25-22(30)31-13-14-4-2-1-3-5-14/h1-7,10-11,15,17H,8-9,12-13H2,(H,23,27)(H,25,30)(H,28,29). The number of dihydropyridines is 1. The van der Waals surface area contributed by atoms with Crippen LogP contribution in [0.4, 0.5) is 4.79 Å². The summed E-state index contributed by atoms with van der Waals surface area (Å²) in [7, 11) is 0. The van der Waals surface area contributed by atoms with Gasteiger partial charge in [-0.05, 0) is 23.8 Å². The van der Waals surface area contributed by atoms with Crippen LogP contribution in [0.15, 0.2) is 71.0 Å². The Balaban J connectivity index is 1.45. The van der Waals surface area contributed by atoms with Crippen molar-refractivity contribution in [1.29, 1.82) is 0 Å². The Morgan fingerprint density at radius 1 is 1.26 bits per heavy atom. The molecule has 0 saturated carbocycles. The summed E-state index contributed by atoms with van der Waals surface area (Å²) in [5, 5.41) is 14.9. The van der Waals surface area contributed by atoms with Gasteiger partial charge in [0.25, 0.3) is 0 Å². The Morgan fingerprint density at radius 3 is 2.81 bits per heavy atom. The number of ether oxygens (including phenoxy) is 1. The molecule has 1 aliphatic carbocycles. The van der Waals surface area contributed by atoms with Gasteiger partial charge in [0.15, 0.2) is 5.71 Å². The lowest BCUT2D eigenvalue weighted by Crippen LogP contribution is -2.47. The van der Waals surface area contributed by atoms with Crippen LogP contribution in [-0.2, 0) is 20.9 Å². The molecule has 0 aromatic heterocycles. The molecule has 1 aromatic carbocycles. The van der Waals surface area contributed by atoms with E-state index in [1.54, 1.807) is 6.08 Å². The Labute approximate surface area is 178 Å². The molecule has 0 spiro atoms. The number of alkyl carbamates (subject to hydrolysis) is 1. The second kappa shape index (κ2) is 8.86. The zero-order chi connectivity index (χ0) is 21.8. The van der Waals surface area contributed by atoms with Gasteiger partial charge in [0.05, 0.1) is 18.3 Å². The third-order valence-electron chi connectivity index (χ3n) is 5.17. The second-order valence-corrected chi connectivity index (χ2v) is 7.34.